The number of aliphatic hydroxyl groups excluding tert-OH is 1. The van der Waals surface area contributed by atoms with Crippen LogP contribution in [0.1, 0.15) is 58.8 Å². The van der Waals surface area contributed by atoms with Gasteiger partial charge in [0.25, 0.3) is 0 Å². The summed E-state index contributed by atoms with van der Waals surface area (Å²) >= 11 is 0. The minimum atomic E-state index is -0.321. The summed E-state index contributed by atoms with van der Waals surface area (Å²) in [4.78, 5) is 23.5. The van der Waals surface area contributed by atoms with Crippen LogP contribution in [0.5, 0.6) is 0 Å². The van der Waals surface area contributed by atoms with Crippen molar-refractivity contribution in [2.24, 2.45) is 17.3 Å². The molecule has 0 amide bonds. The van der Waals surface area contributed by atoms with E-state index < -0.39 is 0 Å². The normalized spacial score (nSPS) is 39.7. The van der Waals surface area contributed by atoms with Crippen LogP contribution in [0, 0.1) is 17.3 Å². The number of hydrogen-bond acceptors (Lipinski definition) is 3. The van der Waals surface area contributed by atoms with Gasteiger partial charge in [0, 0.05) is 24.7 Å². The zero-order valence-corrected chi connectivity index (χ0v) is 11.4. The predicted octanol–water partition coefficient (Wildman–Crippen LogP) is 2.50. The van der Waals surface area contributed by atoms with Gasteiger partial charge in [-0.1, -0.05) is 13.8 Å². The molecule has 1 unspecified atom stereocenters. The number of carbonyl (C=O) groups is 2. The van der Waals surface area contributed by atoms with Crippen LogP contribution in [0.25, 0.3) is 0 Å². The van der Waals surface area contributed by atoms with Gasteiger partial charge in [-0.2, -0.15) is 0 Å². The first kappa shape index (κ1) is 13.7. The molecule has 102 valence electrons. The molecule has 1 N–H and O–H groups in total. The zero-order valence-electron chi connectivity index (χ0n) is 11.4. The van der Waals surface area contributed by atoms with Gasteiger partial charge < -0.3 is 5.11 Å². The van der Waals surface area contributed by atoms with Gasteiger partial charge in [-0.3, -0.25) is 9.59 Å². The number of hydrogen-bond donors (Lipinski definition) is 1. The fourth-order valence-electron chi connectivity index (χ4n) is 3.94. The van der Waals surface area contributed by atoms with E-state index in [1.54, 1.807) is 0 Å². The summed E-state index contributed by atoms with van der Waals surface area (Å²) in [7, 11) is 0. The molecule has 0 spiro atoms. The van der Waals surface area contributed by atoms with Crippen LogP contribution < -0.4 is 0 Å². The largest absolute Gasteiger partial charge is 0.393 e. The lowest BCUT2D eigenvalue weighted by Gasteiger charge is -2.43. The number of aliphatic hydroxyl groups is 1. The Hall–Kier alpha value is -0.700. The Morgan fingerprint density at radius 3 is 2.83 bits per heavy atom. The van der Waals surface area contributed by atoms with Crippen molar-refractivity contribution in [2.45, 2.75) is 64.9 Å². The van der Waals surface area contributed by atoms with Crippen LogP contribution in [-0.4, -0.2) is 22.8 Å². The summed E-state index contributed by atoms with van der Waals surface area (Å²) in [6.07, 6.45) is 4.64. The van der Waals surface area contributed by atoms with E-state index in [1.165, 1.54) is 0 Å². The molecular formula is C15H24O3. The van der Waals surface area contributed by atoms with Gasteiger partial charge >= 0.3 is 0 Å². The van der Waals surface area contributed by atoms with Crippen LogP contribution in [0.2, 0.25) is 0 Å². The molecule has 0 aromatic carbocycles. The first-order valence-corrected chi connectivity index (χ1v) is 7.22. The SMILES string of the molecule is CCC(=O)CC[C@H]1C2CCC(=O)[C@@]2(C)CC[C@@H]1O. The highest BCUT2D eigenvalue weighted by atomic mass is 16.3. The molecule has 3 nitrogen and oxygen atoms in total. The van der Waals surface area contributed by atoms with Crippen LogP contribution in [0.15, 0.2) is 0 Å². The maximum Gasteiger partial charge on any atom is 0.139 e. The highest BCUT2D eigenvalue weighted by molar-refractivity contribution is 5.87. The maximum absolute atomic E-state index is 12.0. The van der Waals surface area contributed by atoms with Crippen LogP contribution in [0.3, 0.4) is 0 Å². The molecule has 2 aliphatic carbocycles. The first-order valence-electron chi connectivity index (χ1n) is 7.22. The van der Waals surface area contributed by atoms with Gasteiger partial charge in [-0.25, -0.2) is 0 Å². The Morgan fingerprint density at radius 1 is 1.44 bits per heavy atom. The first-order chi connectivity index (χ1) is 8.49. The quantitative estimate of drug-likeness (QED) is 0.836. The third-order valence-electron chi connectivity index (χ3n) is 5.26. The summed E-state index contributed by atoms with van der Waals surface area (Å²) < 4.78 is 0. The van der Waals surface area contributed by atoms with Crippen molar-refractivity contribution in [1.29, 1.82) is 0 Å². The Bertz CT molecular complexity index is 350. The topological polar surface area (TPSA) is 54.4 Å². The van der Waals surface area contributed by atoms with Crippen LogP contribution in [-0.2, 0) is 9.59 Å². The highest BCUT2D eigenvalue weighted by Crippen LogP contribution is 2.53. The van der Waals surface area contributed by atoms with Crippen molar-refractivity contribution in [2.75, 3.05) is 0 Å². The Balaban J connectivity index is 2.07. The van der Waals surface area contributed by atoms with Crippen molar-refractivity contribution in [1.82, 2.24) is 0 Å². The summed E-state index contributed by atoms with van der Waals surface area (Å²) in [5.74, 6) is 1.06. The standard InChI is InChI=1S/C15H24O3/c1-3-10(16)4-5-11-12-6-7-14(18)15(12,2)9-8-13(11)17/h11-13,17H,3-9H2,1-2H3/t11-,12?,13-,15-/m0/s1. The number of Topliss-reactive ketones (excluding diaryl/α,β-unsaturated/α-hetero) is 2. The molecule has 2 rings (SSSR count). The molecule has 2 saturated carbocycles. The van der Waals surface area contributed by atoms with Crippen LogP contribution >= 0.6 is 0 Å². The zero-order chi connectivity index (χ0) is 13.3. The van der Waals surface area contributed by atoms with Gasteiger partial charge in [0.15, 0.2) is 0 Å². The Kier molecular flexibility index (Phi) is 3.90. The average molecular weight is 252 g/mol. The van der Waals surface area contributed by atoms with E-state index in [-0.39, 0.29) is 23.2 Å². The molecule has 0 radical (unpaired) electrons. The van der Waals surface area contributed by atoms with Gasteiger partial charge in [0.2, 0.25) is 0 Å². The molecule has 0 aromatic rings. The lowest BCUT2D eigenvalue weighted by Crippen LogP contribution is -2.44. The van der Waals surface area contributed by atoms with Crippen LogP contribution in [0.4, 0.5) is 0 Å². The second-order valence-corrected chi connectivity index (χ2v) is 6.19. The number of carbonyl (C=O) groups excluding carboxylic acids is 2. The van der Waals surface area contributed by atoms with E-state index in [0.717, 1.165) is 19.3 Å². The predicted molar refractivity (Wildman–Crippen MR) is 69.1 cm³/mol. The van der Waals surface area contributed by atoms with Gasteiger partial charge in [-0.15, -0.1) is 0 Å². The summed E-state index contributed by atoms with van der Waals surface area (Å²) in [5, 5.41) is 10.2. The summed E-state index contributed by atoms with van der Waals surface area (Å²) in [6, 6.07) is 0. The second kappa shape index (κ2) is 5.12. The molecule has 0 aromatic heterocycles. The third-order valence-corrected chi connectivity index (χ3v) is 5.26. The monoisotopic (exact) mass is 252 g/mol. The van der Waals surface area contributed by atoms with Crippen molar-refractivity contribution < 1.29 is 14.7 Å². The highest BCUT2D eigenvalue weighted by Gasteiger charge is 2.53. The number of fused-ring (bicyclic) bond motifs is 1. The molecule has 0 aliphatic heterocycles. The minimum Gasteiger partial charge on any atom is -0.393 e. The Labute approximate surface area is 109 Å². The van der Waals surface area contributed by atoms with Gasteiger partial charge in [0.05, 0.1) is 6.10 Å². The lowest BCUT2D eigenvalue weighted by atomic mass is 9.62. The molecule has 3 heteroatoms. The molecule has 18 heavy (non-hydrogen) atoms. The van der Waals surface area contributed by atoms with E-state index in [2.05, 4.69) is 6.92 Å². The Morgan fingerprint density at radius 2 is 2.17 bits per heavy atom. The second-order valence-electron chi connectivity index (χ2n) is 6.19. The van der Waals surface area contributed by atoms with E-state index in [0.29, 0.717) is 37.4 Å². The third kappa shape index (κ3) is 2.25. The molecular weight excluding hydrogens is 228 g/mol. The maximum atomic E-state index is 12.0. The number of ketones is 2. The van der Waals surface area contributed by atoms with Crippen molar-refractivity contribution in [3.8, 4) is 0 Å². The molecule has 2 aliphatic rings. The molecule has 0 bridgehead atoms. The van der Waals surface area contributed by atoms with E-state index in [9.17, 15) is 14.7 Å². The average Bonchev–Trinajstić information content (AvgIpc) is 2.65. The van der Waals surface area contributed by atoms with Gasteiger partial charge in [0.1, 0.15) is 11.6 Å². The number of rotatable bonds is 4. The molecule has 0 heterocycles. The molecule has 2 fully saturated rings. The molecule has 4 atom stereocenters. The smallest absolute Gasteiger partial charge is 0.139 e. The van der Waals surface area contributed by atoms with E-state index >= 15 is 0 Å². The lowest BCUT2D eigenvalue weighted by molar-refractivity contribution is -0.131. The fraction of sp³-hybridized carbons (Fsp3) is 0.867. The molecule has 0 saturated heterocycles. The minimum absolute atomic E-state index is 0.144. The van der Waals surface area contributed by atoms with Crippen molar-refractivity contribution >= 4 is 11.6 Å². The van der Waals surface area contributed by atoms with Crippen molar-refractivity contribution in [3.05, 3.63) is 0 Å². The van der Waals surface area contributed by atoms with Crippen molar-refractivity contribution in [3.63, 3.8) is 0 Å². The fourth-order valence-corrected chi connectivity index (χ4v) is 3.94. The summed E-state index contributed by atoms with van der Waals surface area (Å²) in [6.45, 7) is 3.94. The van der Waals surface area contributed by atoms with E-state index in [4.69, 9.17) is 0 Å². The van der Waals surface area contributed by atoms with E-state index in [1.807, 2.05) is 6.92 Å². The van der Waals surface area contributed by atoms with Gasteiger partial charge in [-0.05, 0) is 37.5 Å². The summed E-state index contributed by atoms with van der Waals surface area (Å²) in [5.41, 5.74) is -0.223.